The molecule has 21 heavy (non-hydrogen) atoms. The van der Waals surface area contributed by atoms with Crippen LogP contribution >= 0.6 is 15.9 Å². The van der Waals surface area contributed by atoms with Gasteiger partial charge in [-0.3, -0.25) is 0 Å². The lowest BCUT2D eigenvalue weighted by atomic mass is 10.2. The van der Waals surface area contributed by atoms with Crippen LogP contribution in [0.5, 0.6) is 17.2 Å². The van der Waals surface area contributed by atoms with Gasteiger partial charge in [0.15, 0.2) is 11.5 Å². The molecule has 112 valence electrons. The van der Waals surface area contributed by atoms with E-state index in [1.54, 1.807) is 14.2 Å². The van der Waals surface area contributed by atoms with E-state index in [2.05, 4.69) is 15.9 Å². The van der Waals surface area contributed by atoms with Crippen LogP contribution in [0.25, 0.3) is 0 Å². The third kappa shape index (κ3) is 3.89. The molecular formula is C16H18BrNO3. The second kappa shape index (κ2) is 7.33. The van der Waals surface area contributed by atoms with Gasteiger partial charge in [0.05, 0.1) is 18.7 Å². The first kappa shape index (κ1) is 15.7. The molecule has 4 nitrogen and oxygen atoms in total. The van der Waals surface area contributed by atoms with Crippen LogP contribution in [0.3, 0.4) is 0 Å². The second-order valence-corrected chi connectivity index (χ2v) is 5.30. The first-order chi connectivity index (χ1) is 10.2. The lowest BCUT2D eigenvalue weighted by Gasteiger charge is -2.14. The van der Waals surface area contributed by atoms with E-state index in [0.29, 0.717) is 24.7 Å². The van der Waals surface area contributed by atoms with Crippen LogP contribution < -0.4 is 19.9 Å². The van der Waals surface area contributed by atoms with Crippen molar-refractivity contribution in [2.45, 2.75) is 13.2 Å². The van der Waals surface area contributed by atoms with Gasteiger partial charge in [-0.05, 0) is 51.3 Å². The predicted octanol–water partition coefficient (Wildman–Crippen LogP) is 3.50. The molecule has 0 aliphatic carbocycles. The number of halogens is 1. The first-order valence-electron chi connectivity index (χ1n) is 6.50. The fourth-order valence-electron chi connectivity index (χ4n) is 1.91. The standard InChI is InChI=1S/C16H18BrNO3/c1-19-13-5-3-11(4-6-13)10-21-16-14(17)7-12(9-18)8-15(16)20-2/h3-8H,9-10,18H2,1-2H3. The molecule has 0 atom stereocenters. The van der Waals surface area contributed by atoms with E-state index in [1.807, 2.05) is 36.4 Å². The maximum absolute atomic E-state index is 5.86. The van der Waals surface area contributed by atoms with Gasteiger partial charge >= 0.3 is 0 Å². The molecule has 0 aliphatic rings. The highest BCUT2D eigenvalue weighted by Crippen LogP contribution is 2.37. The largest absolute Gasteiger partial charge is 0.497 e. The van der Waals surface area contributed by atoms with Crippen molar-refractivity contribution in [2.24, 2.45) is 5.73 Å². The topological polar surface area (TPSA) is 53.7 Å². The molecule has 0 amide bonds. The Morgan fingerprint density at radius 3 is 2.29 bits per heavy atom. The highest BCUT2D eigenvalue weighted by Gasteiger charge is 2.11. The van der Waals surface area contributed by atoms with Crippen molar-refractivity contribution in [3.63, 3.8) is 0 Å². The maximum atomic E-state index is 5.86. The van der Waals surface area contributed by atoms with E-state index in [4.69, 9.17) is 19.9 Å². The number of benzene rings is 2. The average Bonchev–Trinajstić information content (AvgIpc) is 2.53. The van der Waals surface area contributed by atoms with Crippen molar-refractivity contribution in [3.05, 3.63) is 52.0 Å². The smallest absolute Gasteiger partial charge is 0.175 e. The third-order valence-electron chi connectivity index (χ3n) is 3.07. The summed E-state index contributed by atoms with van der Waals surface area (Å²) in [5, 5.41) is 0. The predicted molar refractivity (Wildman–Crippen MR) is 85.9 cm³/mol. The summed E-state index contributed by atoms with van der Waals surface area (Å²) in [4.78, 5) is 0. The summed E-state index contributed by atoms with van der Waals surface area (Å²) in [5.74, 6) is 2.16. The Morgan fingerprint density at radius 1 is 1.00 bits per heavy atom. The van der Waals surface area contributed by atoms with Crippen LogP contribution in [0.2, 0.25) is 0 Å². The molecule has 2 aromatic carbocycles. The van der Waals surface area contributed by atoms with Crippen LogP contribution in [-0.2, 0) is 13.2 Å². The Kier molecular flexibility index (Phi) is 5.47. The van der Waals surface area contributed by atoms with Gasteiger partial charge in [-0.1, -0.05) is 12.1 Å². The molecule has 2 rings (SSSR count). The molecule has 0 unspecified atom stereocenters. The van der Waals surface area contributed by atoms with Gasteiger partial charge in [0.1, 0.15) is 12.4 Å². The van der Waals surface area contributed by atoms with E-state index in [1.165, 1.54) is 0 Å². The zero-order valence-corrected chi connectivity index (χ0v) is 13.6. The van der Waals surface area contributed by atoms with Crippen LogP contribution in [0, 0.1) is 0 Å². The number of nitrogens with two attached hydrogens (primary N) is 1. The van der Waals surface area contributed by atoms with Gasteiger partial charge in [0, 0.05) is 6.54 Å². The molecule has 2 aromatic rings. The van der Waals surface area contributed by atoms with Crippen molar-refractivity contribution < 1.29 is 14.2 Å². The summed E-state index contributed by atoms with van der Waals surface area (Å²) < 4.78 is 17.2. The Hall–Kier alpha value is -1.72. The van der Waals surface area contributed by atoms with Crippen molar-refractivity contribution in [3.8, 4) is 17.2 Å². The molecule has 0 saturated heterocycles. The monoisotopic (exact) mass is 351 g/mol. The molecule has 0 saturated carbocycles. The summed E-state index contributed by atoms with van der Waals surface area (Å²) in [5.41, 5.74) is 7.69. The normalized spacial score (nSPS) is 10.3. The summed E-state index contributed by atoms with van der Waals surface area (Å²) in [6, 6.07) is 11.6. The van der Waals surface area contributed by atoms with Crippen molar-refractivity contribution in [1.82, 2.24) is 0 Å². The first-order valence-corrected chi connectivity index (χ1v) is 7.29. The number of rotatable bonds is 6. The molecule has 5 heteroatoms. The van der Waals surface area contributed by atoms with Crippen LogP contribution in [-0.4, -0.2) is 14.2 Å². The molecular weight excluding hydrogens is 334 g/mol. The third-order valence-corrected chi connectivity index (χ3v) is 3.66. The maximum Gasteiger partial charge on any atom is 0.175 e. The van der Waals surface area contributed by atoms with Crippen LogP contribution in [0.4, 0.5) is 0 Å². The minimum absolute atomic E-state index is 0.445. The van der Waals surface area contributed by atoms with E-state index in [0.717, 1.165) is 21.3 Å². The fourth-order valence-corrected chi connectivity index (χ4v) is 2.51. The average molecular weight is 352 g/mol. The number of ether oxygens (including phenoxy) is 3. The van der Waals surface area contributed by atoms with Gasteiger partial charge in [-0.15, -0.1) is 0 Å². The number of methoxy groups -OCH3 is 2. The van der Waals surface area contributed by atoms with Crippen LogP contribution in [0.15, 0.2) is 40.9 Å². The number of hydrogen-bond donors (Lipinski definition) is 1. The Balaban J connectivity index is 2.15. The van der Waals surface area contributed by atoms with E-state index in [9.17, 15) is 0 Å². The summed E-state index contributed by atoms with van der Waals surface area (Å²) in [6.07, 6.45) is 0. The molecule has 0 fully saturated rings. The quantitative estimate of drug-likeness (QED) is 0.865. The SMILES string of the molecule is COc1ccc(COc2c(Br)cc(CN)cc2OC)cc1. The molecule has 0 heterocycles. The van der Waals surface area contributed by atoms with E-state index >= 15 is 0 Å². The van der Waals surface area contributed by atoms with Crippen molar-refractivity contribution in [2.75, 3.05) is 14.2 Å². The Bertz CT molecular complexity index is 599. The van der Waals surface area contributed by atoms with Gasteiger partial charge in [0.2, 0.25) is 0 Å². The second-order valence-electron chi connectivity index (χ2n) is 4.45. The lowest BCUT2D eigenvalue weighted by Crippen LogP contribution is -2.02. The Morgan fingerprint density at radius 2 is 1.71 bits per heavy atom. The zero-order valence-electron chi connectivity index (χ0n) is 12.1. The molecule has 2 N–H and O–H groups in total. The highest BCUT2D eigenvalue weighted by molar-refractivity contribution is 9.10. The highest BCUT2D eigenvalue weighted by atomic mass is 79.9. The lowest BCUT2D eigenvalue weighted by molar-refractivity contribution is 0.282. The fraction of sp³-hybridized carbons (Fsp3) is 0.250. The molecule has 0 spiro atoms. The van der Waals surface area contributed by atoms with Crippen LogP contribution in [0.1, 0.15) is 11.1 Å². The summed E-state index contributed by atoms with van der Waals surface area (Å²) >= 11 is 3.50. The van der Waals surface area contributed by atoms with Crippen molar-refractivity contribution >= 4 is 15.9 Å². The minimum atomic E-state index is 0.445. The Labute approximate surface area is 132 Å². The van der Waals surface area contributed by atoms with Gasteiger partial charge in [0.25, 0.3) is 0 Å². The molecule has 0 aromatic heterocycles. The number of hydrogen-bond acceptors (Lipinski definition) is 4. The van der Waals surface area contributed by atoms with Gasteiger partial charge in [-0.2, -0.15) is 0 Å². The zero-order chi connectivity index (χ0) is 15.2. The summed E-state index contributed by atoms with van der Waals surface area (Å²) in [7, 11) is 3.26. The van der Waals surface area contributed by atoms with Gasteiger partial charge < -0.3 is 19.9 Å². The van der Waals surface area contributed by atoms with Gasteiger partial charge in [-0.25, -0.2) is 0 Å². The molecule has 0 bridgehead atoms. The summed E-state index contributed by atoms with van der Waals surface area (Å²) in [6.45, 7) is 0.897. The minimum Gasteiger partial charge on any atom is -0.497 e. The molecule has 0 radical (unpaired) electrons. The van der Waals surface area contributed by atoms with Crippen molar-refractivity contribution in [1.29, 1.82) is 0 Å². The molecule has 0 aliphatic heterocycles. The van der Waals surface area contributed by atoms with E-state index in [-0.39, 0.29) is 0 Å². The van der Waals surface area contributed by atoms with E-state index < -0.39 is 0 Å².